The number of nitrogens with two attached hydrogens (primary N) is 1. The lowest BCUT2D eigenvalue weighted by atomic mass is 9.86. The van der Waals surface area contributed by atoms with E-state index in [0.717, 1.165) is 34.2 Å². The number of carboxylic acids is 1. The molecule has 0 bridgehead atoms. The number of rotatable bonds is 12. The SMILES string of the molecule is CNCCSCc1ncccc1SC1=C(C(=O)O)N2C(=O)[C@@H](NC(=O)C(N=O)c3nc(N)sc3Cl)C2CC1. The van der Waals surface area contributed by atoms with Gasteiger partial charge >= 0.3 is 5.97 Å². The number of pyridine rings is 1. The van der Waals surface area contributed by atoms with Gasteiger partial charge < -0.3 is 21.5 Å². The number of carbonyl (C=O) groups is 3. The number of carboxylic acid groups (broad SMARTS) is 1. The molecule has 16 heteroatoms. The van der Waals surface area contributed by atoms with Gasteiger partial charge in [-0.15, -0.1) is 4.91 Å². The van der Waals surface area contributed by atoms with Crippen molar-refractivity contribution in [1.29, 1.82) is 0 Å². The lowest BCUT2D eigenvalue weighted by Gasteiger charge is -2.50. The molecule has 2 aliphatic heterocycles. The van der Waals surface area contributed by atoms with Crippen molar-refractivity contribution in [2.24, 2.45) is 5.18 Å². The monoisotopic (exact) mass is 597 g/mol. The predicted octanol–water partition coefficient (Wildman–Crippen LogP) is 2.61. The molecule has 2 aliphatic rings. The first-order valence-electron chi connectivity index (χ1n) is 11.4. The number of β-lactam (4-membered cyclic amide) rings is 1. The van der Waals surface area contributed by atoms with Gasteiger partial charge in [0.1, 0.15) is 21.8 Å². The normalized spacial score (nSPS) is 19.5. The smallest absolute Gasteiger partial charge is 0.353 e. The van der Waals surface area contributed by atoms with E-state index in [1.54, 1.807) is 24.0 Å². The Hall–Kier alpha value is -2.72. The minimum atomic E-state index is -1.59. The molecule has 0 saturated carbocycles. The number of hydrogen-bond donors (Lipinski definition) is 4. The van der Waals surface area contributed by atoms with Crippen LogP contribution >= 0.6 is 46.5 Å². The summed E-state index contributed by atoms with van der Waals surface area (Å²) in [6, 6.07) is 0.512. The van der Waals surface area contributed by atoms with Crippen molar-refractivity contribution in [3.63, 3.8) is 0 Å². The molecule has 202 valence electrons. The number of nitrogens with zero attached hydrogens (tertiary/aromatic N) is 4. The molecule has 0 spiro atoms. The van der Waals surface area contributed by atoms with Crippen molar-refractivity contribution in [1.82, 2.24) is 25.5 Å². The Kier molecular flexibility index (Phi) is 9.25. The van der Waals surface area contributed by atoms with Crippen LogP contribution in [0.4, 0.5) is 5.13 Å². The number of allylic oxidation sites excluding steroid dienone is 1. The van der Waals surface area contributed by atoms with Crippen LogP contribution in [0.5, 0.6) is 0 Å². The van der Waals surface area contributed by atoms with Crippen LogP contribution < -0.4 is 16.4 Å². The van der Waals surface area contributed by atoms with Gasteiger partial charge in [-0.3, -0.25) is 19.5 Å². The molecule has 1 fully saturated rings. The highest BCUT2D eigenvalue weighted by molar-refractivity contribution is 8.03. The number of thiazole rings is 1. The molecular formula is C22H24ClN7O5S3. The van der Waals surface area contributed by atoms with Crippen LogP contribution in [0.2, 0.25) is 4.34 Å². The number of carbonyl (C=O) groups excluding carboxylic acids is 2. The second-order valence-corrected chi connectivity index (χ2v) is 12.2. The minimum Gasteiger partial charge on any atom is -0.477 e. The van der Waals surface area contributed by atoms with Gasteiger partial charge in [0.25, 0.3) is 11.8 Å². The number of amides is 2. The molecule has 4 rings (SSSR count). The van der Waals surface area contributed by atoms with E-state index in [1.165, 1.54) is 16.7 Å². The molecule has 2 aromatic heterocycles. The standard InChI is InChI=1S/C22H24ClN7O5S3/c1-25-7-8-36-9-10-12(3-2-6-26-10)37-13-5-4-11-14(20(32)30(11)17(13)21(33)34)27-19(31)16(29-35)15-18(23)38-22(24)28-15/h2-3,6,11,14,16,25H,4-5,7-9H2,1H3,(H2,24,28)(H,27,31)(H,33,34)/t11?,14-,16?/m0/s1. The fourth-order valence-corrected chi connectivity index (χ4v) is 7.32. The molecular weight excluding hydrogens is 574 g/mol. The van der Waals surface area contributed by atoms with Gasteiger partial charge in [0.2, 0.25) is 6.04 Å². The quantitative estimate of drug-likeness (QED) is 0.160. The molecule has 38 heavy (non-hydrogen) atoms. The molecule has 1 saturated heterocycles. The Labute approximate surface area is 235 Å². The number of hydrogen-bond acceptors (Lipinski definition) is 12. The largest absolute Gasteiger partial charge is 0.477 e. The molecule has 2 amide bonds. The molecule has 2 unspecified atom stereocenters. The number of nitrogens with one attached hydrogen (secondary N) is 2. The third-order valence-corrected chi connectivity index (χ3v) is 9.27. The van der Waals surface area contributed by atoms with E-state index in [9.17, 15) is 24.4 Å². The second kappa shape index (κ2) is 12.4. The molecule has 4 heterocycles. The van der Waals surface area contributed by atoms with Gasteiger partial charge in [-0.05, 0) is 37.2 Å². The summed E-state index contributed by atoms with van der Waals surface area (Å²) in [5.74, 6) is -1.11. The van der Waals surface area contributed by atoms with Crippen molar-refractivity contribution in [2.75, 3.05) is 25.1 Å². The molecule has 0 radical (unpaired) electrons. The van der Waals surface area contributed by atoms with Crippen LogP contribution in [-0.4, -0.2) is 69.2 Å². The van der Waals surface area contributed by atoms with Gasteiger partial charge in [-0.1, -0.05) is 34.7 Å². The molecule has 5 N–H and O–H groups in total. The average molecular weight is 598 g/mol. The third kappa shape index (κ3) is 5.81. The maximum atomic E-state index is 13.0. The summed E-state index contributed by atoms with van der Waals surface area (Å²) in [4.78, 5) is 60.4. The first-order chi connectivity index (χ1) is 18.3. The topological polar surface area (TPSA) is 180 Å². The van der Waals surface area contributed by atoms with Crippen molar-refractivity contribution < 1.29 is 19.5 Å². The number of thioether (sulfide) groups is 2. The Morgan fingerprint density at radius 3 is 2.89 bits per heavy atom. The summed E-state index contributed by atoms with van der Waals surface area (Å²) in [6.07, 6.45) is 2.51. The summed E-state index contributed by atoms with van der Waals surface area (Å²) < 4.78 is 0.0504. The van der Waals surface area contributed by atoms with E-state index in [2.05, 4.69) is 25.8 Å². The molecule has 0 aliphatic carbocycles. The Morgan fingerprint density at radius 1 is 1.45 bits per heavy atom. The average Bonchev–Trinajstić information content (AvgIpc) is 3.23. The van der Waals surface area contributed by atoms with Gasteiger partial charge in [0, 0.05) is 34.0 Å². The van der Waals surface area contributed by atoms with Crippen molar-refractivity contribution in [3.05, 3.63) is 49.6 Å². The zero-order valence-electron chi connectivity index (χ0n) is 20.0. The van der Waals surface area contributed by atoms with Crippen molar-refractivity contribution in [2.45, 2.75) is 41.6 Å². The highest BCUT2D eigenvalue weighted by Crippen LogP contribution is 2.44. The van der Waals surface area contributed by atoms with Crippen LogP contribution in [-0.2, 0) is 20.1 Å². The predicted molar refractivity (Wildman–Crippen MR) is 147 cm³/mol. The van der Waals surface area contributed by atoms with E-state index in [0.29, 0.717) is 23.5 Å². The summed E-state index contributed by atoms with van der Waals surface area (Å²) in [6.45, 7) is 0.860. The molecule has 0 aromatic carbocycles. The summed E-state index contributed by atoms with van der Waals surface area (Å²) in [5, 5.41) is 18.5. The number of nitrogen functional groups attached to an aromatic ring is 1. The van der Waals surface area contributed by atoms with E-state index in [1.807, 2.05) is 13.1 Å². The number of anilines is 1. The molecule has 12 nitrogen and oxygen atoms in total. The molecule has 2 aromatic rings. The fourth-order valence-electron chi connectivity index (χ4n) is 4.18. The summed E-state index contributed by atoms with van der Waals surface area (Å²) >= 11 is 9.92. The lowest BCUT2D eigenvalue weighted by Crippen LogP contribution is -2.71. The van der Waals surface area contributed by atoms with Gasteiger partial charge in [-0.25, -0.2) is 9.78 Å². The van der Waals surface area contributed by atoms with Crippen molar-refractivity contribution in [3.8, 4) is 0 Å². The van der Waals surface area contributed by atoms with Crippen LogP contribution in [0, 0.1) is 4.91 Å². The highest BCUT2D eigenvalue weighted by Gasteiger charge is 2.54. The first-order valence-corrected chi connectivity index (χ1v) is 14.6. The van der Waals surface area contributed by atoms with Gasteiger partial charge in [-0.2, -0.15) is 11.8 Å². The maximum Gasteiger partial charge on any atom is 0.353 e. The number of aliphatic carboxylic acids is 1. The zero-order valence-corrected chi connectivity index (χ0v) is 23.3. The number of fused-ring (bicyclic) bond motifs is 1. The maximum absolute atomic E-state index is 13.0. The number of aromatic nitrogens is 2. The highest BCUT2D eigenvalue weighted by atomic mass is 35.5. The zero-order chi connectivity index (χ0) is 27.4. The Morgan fingerprint density at radius 2 is 2.24 bits per heavy atom. The minimum absolute atomic E-state index is 0.0504. The van der Waals surface area contributed by atoms with E-state index >= 15 is 0 Å². The number of halogens is 1. The van der Waals surface area contributed by atoms with Crippen LogP contribution in [0.3, 0.4) is 0 Å². The number of nitroso groups, excluding NO2 is 1. The van der Waals surface area contributed by atoms with E-state index < -0.39 is 35.9 Å². The Bertz CT molecular complexity index is 1290. The van der Waals surface area contributed by atoms with Gasteiger partial charge in [0.05, 0.1) is 11.7 Å². The van der Waals surface area contributed by atoms with Crippen LogP contribution in [0.1, 0.15) is 30.3 Å². The lowest BCUT2D eigenvalue weighted by molar-refractivity contribution is -0.156. The van der Waals surface area contributed by atoms with E-state index in [4.69, 9.17) is 17.3 Å². The van der Waals surface area contributed by atoms with Crippen LogP contribution in [0.15, 0.2) is 39.0 Å². The van der Waals surface area contributed by atoms with E-state index in [-0.39, 0.29) is 20.9 Å². The third-order valence-electron chi connectivity index (χ3n) is 5.95. The summed E-state index contributed by atoms with van der Waals surface area (Å²) in [5.41, 5.74) is 6.23. The second-order valence-electron chi connectivity index (χ2n) is 8.30. The first kappa shape index (κ1) is 28.3. The van der Waals surface area contributed by atoms with Crippen molar-refractivity contribution >= 4 is 69.4 Å². The Balaban J connectivity index is 1.50. The van der Waals surface area contributed by atoms with Gasteiger partial charge in [0.15, 0.2) is 5.13 Å². The van der Waals surface area contributed by atoms with Crippen LogP contribution in [0.25, 0.3) is 0 Å². The molecule has 3 atom stereocenters. The summed E-state index contributed by atoms with van der Waals surface area (Å²) in [7, 11) is 1.89. The fraction of sp³-hybridized carbons (Fsp3) is 0.409.